The summed E-state index contributed by atoms with van der Waals surface area (Å²) in [5, 5.41) is 8.41. The van der Waals surface area contributed by atoms with Gasteiger partial charge in [-0.15, -0.1) is 0 Å². The Bertz CT molecular complexity index is 467. The van der Waals surface area contributed by atoms with Gasteiger partial charge in [-0.3, -0.25) is 0 Å². The fourth-order valence-electron chi connectivity index (χ4n) is 1.34. The van der Waals surface area contributed by atoms with Crippen molar-refractivity contribution in [3.8, 4) is 35.2 Å². The molecule has 0 radical (unpaired) electrons. The van der Waals surface area contributed by atoms with E-state index in [9.17, 15) is 0 Å². The molecule has 0 saturated heterocycles. The van der Waals surface area contributed by atoms with Gasteiger partial charge in [0.2, 0.25) is 5.75 Å². The zero-order chi connectivity index (χ0) is 12.7. The fraction of sp³-hybridized carbons (Fsp3) is 0.308. The highest BCUT2D eigenvalue weighted by Crippen LogP contribution is 2.37. The molecule has 1 aromatic rings. The average molecular weight is 231 g/mol. The normalized spacial score (nSPS) is 8.59. The van der Waals surface area contributed by atoms with Crippen LogP contribution in [0.2, 0.25) is 0 Å². The molecule has 0 aromatic heterocycles. The molecule has 0 spiro atoms. The third-order valence-corrected chi connectivity index (χ3v) is 2.06. The van der Waals surface area contributed by atoms with E-state index in [1.54, 1.807) is 33.5 Å². The highest BCUT2D eigenvalue weighted by Gasteiger charge is 2.11. The number of rotatable bonds is 3. The number of methoxy groups -OCH3 is 3. The molecule has 4 heteroatoms. The quantitative estimate of drug-likeness (QED) is 0.746. The molecule has 0 saturated carbocycles. The number of ether oxygens (including phenoxy) is 3. The Morgan fingerprint density at radius 3 is 2.06 bits per heavy atom. The van der Waals surface area contributed by atoms with Crippen LogP contribution in [0.3, 0.4) is 0 Å². The molecular formula is C13H13NO3. The van der Waals surface area contributed by atoms with E-state index in [1.165, 1.54) is 0 Å². The first-order chi connectivity index (χ1) is 8.26. The number of hydrogen-bond donors (Lipinski definition) is 0. The smallest absolute Gasteiger partial charge is 0.203 e. The summed E-state index contributed by atoms with van der Waals surface area (Å²) in [6, 6.07) is 5.44. The lowest BCUT2D eigenvalue weighted by Gasteiger charge is -2.12. The predicted molar refractivity (Wildman–Crippen MR) is 63.2 cm³/mol. The lowest BCUT2D eigenvalue weighted by Crippen LogP contribution is -1.95. The monoisotopic (exact) mass is 231 g/mol. The molecule has 1 rings (SSSR count). The van der Waals surface area contributed by atoms with Crippen LogP contribution in [0.1, 0.15) is 12.0 Å². The van der Waals surface area contributed by atoms with Gasteiger partial charge in [0.25, 0.3) is 0 Å². The second-order valence-corrected chi connectivity index (χ2v) is 3.05. The van der Waals surface area contributed by atoms with Gasteiger partial charge >= 0.3 is 0 Å². The third kappa shape index (κ3) is 3.06. The van der Waals surface area contributed by atoms with Crippen LogP contribution in [0.4, 0.5) is 0 Å². The molecule has 0 amide bonds. The van der Waals surface area contributed by atoms with Crippen molar-refractivity contribution in [2.45, 2.75) is 6.42 Å². The molecule has 0 atom stereocenters. The second-order valence-electron chi connectivity index (χ2n) is 3.05. The van der Waals surface area contributed by atoms with Crippen LogP contribution in [0.15, 0.2) is 12.1 Å². The maximum Gasteiger partial charge on any atom is 0.203 e. The molecule has 0 N–H and O–H groups in total. The zero-order valence-electron chi connectivity index (χ0n) is 10.0. The Morgan fingerprint density at radius 1 is 1.06 bits per heavy atom. The topological polar surface area (TPSA) is 51.5 Å². The van der Waals surface area contributed by atoms with Crippen LogP contribution in [0, 0.1) is 23.2 Å². The van der Waals surface area contributed by atoms with Crippen LogP contribution in [0.25, 0.3) is 0 Å². The Kier molecular flexibility index (Phi) is 4.72. The van der Waals surface area contributed by atoms with E-state index in [0.29, 0.717) is 17.2 Å². The maximum atomic E-state index is 8.41. The molecule has 4 nitrogen and oxygen atoms in total. The molecule has 17 heavy (non-hydrogen) atoms. The summed E-state index contributed by atoms with van der Waals surface area (Å²) in [5.74, 6) is 7.21. The Labute approximate surface area is 101 Å². The molecule has 0 unspecified atom stereocenters. The number of nitriles is 1. The number of hydrogen-bond acceptors (Lipinski definition) is 4. The lowest BCUT2D eigenvalue weighted by molar-refractivity contribution is 0.324. The van der Waals surface area contributed by atoms with Gasteiger partial charge in [-0.05, 0) is 12.1 Å². The molecule has 0 aliphatic heterocycles. The highest BCUT2D eigenvalue weighted by atomic mass is 16.5. The van der Waals surface area contributed by atoms with Gasteiger partial charge in [-0.1, -0.05) is 11.8 Å². The highest BCUT2D eigenvalue weighted by molar-refractivity contribution is 5.57. The van der Waals surface area contributed by atoms with Crippen LogP contribution >= 0.6 is 0 Å². The minimum absolute atomic E-state index is 0.191. The van der Waals surface area contributed by atoms with Crippen LogP contribution in [-0.2, 0) is 0 Å². The van der Waals surface area contributed by atoms with E-state index in [1.807, 2.05) is 6.07 Å². The Morgan fingerprint density at radius 2 is 1.65 bits per heavy atom. The van der Waals surface area contributed by atoms with Crippen molar-refractivity contribution in [1.82, 2.24) is 0 Å². The molecule has 88 valence electrons. The van der Waals surface area contributed by atoms with Crippen molar-refractivity contribution < 1.29 is 14.2 Å². The molecule has 0 fully saturated rings. The molecule has 1 aromatic carbocycles. The first-order valence-corrected chi connectivity index (χ1v) is 4.92. The second kappa shape index (κ2) is 6.30. The summed E-state index contributed by atoms with van der Waals surface area (Å²) in [4.78, 5) is 0. The molecule has 0 heterocycles. The van der Waals surface area contributed by atoms with Gasteiger partial charge in [-0.25, -0.2) is 0 Å². The minimum atomic E-state index is 0.191. The summed E-state index contributed by atoms with van der Waals surface area (Å²) in [7, 11) is 4.63. The standard InChI is InChI=1S/C13H13NO3/c1-15-11-8-10(6-4-5-7-14)9-12(16-2)13(11)17-3/h8-9H,5H2,1-3H3. The summed E-state index contributed by atoms with van der Waals surface area (Å²) >= 11 is 0. The Balaban J connectivity index is 3.20. The maximum absolute atomic E-state index is 8.41. The molecule has 0 aliphatic rings. The van der Waals surface area contributed by atoms with E-state index >= 15 is 0 Å². The van der Waals surface area contributed by atoms with Crippen molar-refractivity contribution in [1.29, 1.82) is 5.26 Å². The largest absolute Gasteiger partial charge is 0.493 e. The van der Waals surface area contributed by atoms with Gasteiger partial charge in [-0.2, -0.15) is 5.26 Å². The summed E-state index contributed by atoms with van der Waals surface area (Å²) in [5.41, 5.74) is 0.717. The van der Waals surface area contributed by atoms with Gasteiger partial charge < -0.3 is 14.2 Å². The van der Waals surface area contributed by atoms with Crippen molar-refractivity contribution in [2.75, 3.05) is 21.3 Å². The van der Waals surface area contributed by atoms with Crippen molar-refractivity contribution in [2.24, 2.45) is 0 Å². The average Bonchev–Trinajstić information content (AvgIpc) is 2.37. The zero-order valence-corrected chi connectivity index (χ0v) is 10.0. The third-order valence-electron chi connectivity index (χ3n) is 2.06. The summed E-state index contributed by atoms with van der Waals surface area (Å²) in [6.45, 7) is 0. The molecular weight excluding hydrogens is 218 g/mol. The van der Waals surface area contributed by atoms with E-state index in [2.05, 4.69) is 11.8 Å². The number of nitrogens with zero attached hydrogens (tertiary/aromatic N) is 1. The Hall–Kier alpha value is -2.33. The van der Waals surface area contributed by atoms with Gasteiger partial charge in [0.15, 0.2) is 11.5 Å². The summed E-state index contributed by atoms with van der Waals surface area (Å²) in [6.07, 6.45) is 0.191. The van der Waals surface area contributed by atoms with E-state index in [-0.39, 0.29) is 6.42 Å². The van der Waals surface area contributed by atoms with E-state index in [0.717, 1.165) is 5.56 Å². The first kappa shape index (κ1) is 12.7. The van der Waals surface area contributed by atoms with Crippen LogP contribution < -0.4 is 14.2 Å². The van der Waals surface area contributed by atoms with Crippen molar-refractivity contribution in [3.05, 3.63) is 17.7 Å². The molecule has 0 bridgehead atoms. The SMILES string of the molecule is COc1cc(C#CCC#N)cc(OC)c1OC. The summed E-state index contributed by atoms with van der Waals surface area (Å²) < 4.78 is 15.6. The van der Waals surface area contributed by atoms with Crippen molar-refractivity contribution >= 4 is 0 Å². The van der Waals surface area contributed by atoms with Gasteiger partial charge in [0, 0.05) is 5.56 Å². The van der Waals surface area contributed by atoms with Gasteiger partial charge in [0.1, 0.15) is 0 Å². The first-order valence-electron chi connectivity index (χ1n) is 4.92. The predicted octanol–water partition coefficient (Wildman–Crippen LogP) is 1.98. The van der Waals surface area contributed by atoms with Gasteiger partial charge in [0.05, 0.1) is 33.8 Å². The van der Waals surface area contributed by atoms with E-state index < -0.39 is 0 Å². The lowest BCUT2D eigenvalue weighted by atomic mass is 10.2. The van der Waals surface area contributed by atoms with E-state index in [4.69, 9.17) is 19.5 Å². The minimum Gasteiger partial charge on any atom is -0.493 e. The number of benzene rings is 1. The van der Waals surface area contributed by atoms with Crippen LogP contribution in [-0.4, -0.2) is 21.3 Å². The van der Waals surface area contributed by atoms with Crippen molar-refractivity contribution in [3.63, 3.8) is 0 Å². The molecule has 0 aliphatic carbocycles. The van der Waals surface area contributed by atoms with Crippen LogP contribution in [0.5, 0.6) is 17.2 Å². The fourth-order valence-corrected chi connectivity index (χ4v) is 1.34.